The number of hydrogen-bond donors (Lipinski definition) is 2. The molecule has 0 saturated carbocycles. The van der Waals surface area contributed by atoms with Crippen LogP contribution in [0.1, 0.15) is 12.0 Å². The minimum atomic E-state index is -1.20. The average Bonchev–Trinajstić information content (AvgIpc) is 2.46. The summed E-state index contributed by atoms with van der Waals surface area (Å²) in [5, 5.41) is 8.69. The van der Waals surface area contributed by atoms with Gasteiger partial charge in [-0.25, -0.2) is 0 Å². The van der Waals surface area contributed by atoms with Crippen LogP contribution in [0.2, 0.25) is 0 Å². The van der Waals surface area contributed by atoms with Crippen LogP contribution < -0.4 is 5.73 Å². The van der Waals surface area contributed by atoms with Gasteiger partial charge in [-0.15, -0.1) is 0 Å². The molecule has 0 heterocycles. The number of benzene rings is 1. The Labute approximate surface area is 122 Å². The van der Waals surface area contributed by atoms with Gasteiger partial charge in [0.25, 0.3) is 0 Å². The highest BCUT2D eigenvalue weighted by Gasteiger charge is 2.25. The van der Waals surface area contributed by atoms with Crippen molar-refractivity contribution in [2.75, 3.05) is 13.7 Å². The largest absolute Gasteiger partial charge is 0.481 e. The van der Waals surface area contributed by atoms with Gasteiger partial charge in [0.15, 0.2) is 0 Å². The van der Waals surface area contributed by atoms with E-state index in [1.165, 1.54) is 12.0 Å². The molecule has 0 aromatic heterocycles. The number of carboxylic acids is 1. The zero-order valence-electron chi connectivity index (χ0n) is 11.7. The Balaban J connectivity index is 2.83. The normalized spacial score (nSPS) is 11.5. The molecule has 1 atom stereocenters. The predicted molar refractivity (Wildman–Crippen MR) is 74.1 cm³/mol. The van der Waals surface area contributed by atoms with Crippen molar-refractivity contribution >= 4 is 17.8 Å². The Bertz CT molecular complexity index is 503. The molecular formula is C14H18N2O5. The number of carboxylic acid groups (broad SMARTS) is 1. The van der Waals surface area contributed by atoms with Gasteiger partial charge in [-0.3, -0.25) is 14.4 Å². The number of carbonyl (C=O) groups is 3. The summed E-state index contributed by atoms with van der Waals surface area (Å²) >= 11 is 0. The minimum Gasteiger partial charge on any atom is -0.481 e. The maximum atomic E-state index is 12.2. The number of hydrogen-bond acceptors (Lipinski definition) is 5. The highest BCUT2D eigenvalue weighted by Crippen LogP contribution is 2.07. The van der Waals surface area contributed by atoms with Crippen molar-refractivity contribution in [3.8, 4) is 0 Å². The molecule has 0 saturated heterocycles. The first-order valence-electron chi connectivity index (χ1n) is 6.31. The van der Waals surface area contributed by atoms with Crippen LogP contribution in [-0.2, 0) is 25.7 Å². The second-order valence-electron chi connectivity index (χ2n) is 4.46. The zero-order chi connectivity index (χ0) is 15.8. The summed E-state index contributed by atoms with van der Waals surface area (Å²) in [5.74, 6) is -2.37. The lowest BCUT2D eigenvalue weighted by Gasteiger charge is -2.24. The molecule has 1 rings (SSSR count). The first kappa shape index (κ1) is 16.6. The van der Waals surface area contributed by atoms with E-state index in [9.17, 15) is 14.4 Å². The molecule has 0 radical (unpaired) electrons. The fraction of sp³-hybridized carbons (Fsp3) is 0.357. The average molecular weight is 294 g/mol. The third kappa shape index (κ3) is 5.62. The monoisotopic (exact) mass is 294 g/mol. The fourth-order valence-electron chi connectivity index (χ4n) is 1.75. The van der Waals surface area contributed by atoms with Crippen LogP contribution in [0.15, 0.2) is 30.3 Å². The first-order valence-corrected chi connectivity index (χ1v) is 6.31. The van der Waals surface area contributed by atoms with Gasteiger partial charge in [-0.05, 0) is 5.56 Å². The molecule has 7 heteroatoms. The molecule has 114 valence electrons. The molecule has 0 aliphatic carbocycles. The number of esters is 1. The Kier molecular flexibility index (Phi) is 6.35. The molecule has 3 N–H and O–H groups in total. The number of amides is 1. The van der Waals surface area contributed by atoms with Crippen LogP contribution in [0.3, 0.4) is 0 Å². The minimum absolute atomic E-state index is 0.155. The predicted octanol–water partition coefficient (Wildman–Crippen LogP) is -0.00980. The van der Waals surface area contributed by atoms with E-state index in [0.29, 0.717) is 0 Å². The summed E-state index contributed by atoms with van der Waals surface area (Å²) in [6.45, 7) is -0.125. The molecule has 1 unspecified atom stereocenters. The number of rotatable bonds is 7. The van der Waals surface area contributed by atoms with E-state index in [2.05, 4.69) is 4.74 Å². The second-order valence-corrected chi connectivity index (χ2v) is 4.46. The van der Waals surface area contributed by atoms with Crippen molar-refractivity contribution in [3.05, 3.63) is 35.9 Å². The summed E-state index contributed by atoms with van der Waals surface area (Å²) in [6, 6.07) is 7.81. The number of methoxy groups -OCH3 is 1. The van der Waals surface area contributed by atoms with E-state index in [1.807, 2.05) is 6.07 Å². The maximum absolute atomic E-state index is 12.2. The molecule has 0 spiro atoms. The van der Waals surface area contributed by atoms with Crippen molar-refractivity contribution in [1.82, 2.24) is 4.90 Å². The van der Waals surface area contributed by atoms with Crippen molar-refractivity contribution in [2.45, 2.75) is 19.0 Å². The molecule has 7 nitrogen and oxygen atoms in total. The van der Waals surface area contributed by atoms with Crippen molar-refractivity contribution in [2.24, 2.45) is 5.73 Å². The first-order chi connectivity index (χ1) is 9.93. The number of nitrogens with zero attached hydrogens (tertiary/aromatic N) is 1. The standard InChI is InChI=1S/C14H18N2O5/c1-21-13(19)9-16(8-10-5-3-2-4-6-10)14(20)11(15)7-12(17)18/h2-6,11H,7-9,15H2,1H3,(H,17,18). The van der Waals surface area contributed by atoms with Gasteiger partial charge < -0.3 is 20.5 Å². The quantitative estimate of drug-likeness (QED) is 0.684. The van der Waals surface area contributed by atoms with Crippen LogP contribution in [0.5, 0.6) is 0 Å². The van der Waals surface area contributed by atoms with Crippen molar-refractivity contribution in [3.63, 3.8) is 0 Å². The number of ether oxygens (including phenoxy) is 1. The zero-order valence-corrected chi connectivity index (χ0v) is 11.7. The van der Waals surface area contributed by atoms with Crippen LogP contribution in [0, 0.1) is 0 Å². The van der Waals surface area contributed by atoms with Crippen LogP contribution >= 0.6 is 0 Å². The Morgan fingerprint density at radius 1 is 1.29 bits per heavy atom. The van der Waals surface area contributed by atoms with Crippen LogP contribution in [0.25, 0.3) is 0 Å². The van der Waals surface area contributed by atoms with Crippen LogP contribution in [0.4, 0.5) is 0 Å². The lowest BCUT2D eigenvalue weighted by molar-refractivity contribution is -0.148. The van der Waals surface area contributed by atoms with E-state index in [4.69, 9.17) is 10.8 Å². The molecule has 0 aliphatic rings. The summed E-state index contributed by atoms with van der Waals surface area (Å²) in [5.41, 5.74) is 6.37. The summed E-state index contributed by atoms with van der Waals surface area (Å²) in [7, 11) is 1.21. The van der Waals surface area contributed by atoms with E-state index in [0.717, 1.165) is 5.56 Å². The number of aliphatic carboxylic acids is 1. The van der Waals surface area contributed by atoms with E-state index < -0.39 is 30.3 Å². The van der Waals surface area contributed by atoms with Gasteiger partial charge in [0.05, 0.1) is 19.6 Å². The Hall–Kier alpha value is -2.41. The van der Waals surface area contributed by atoms with Crippen molar-refractivity contribution < 1.29 is 24.2 Å². The van der Waals surface area contributed by atoms with E-state index in [1.54, 1.807) is 24.3 Å². The van der Waals surface area contributed by atoms with Crippen LogP contribution in [-0.4, -0.2) is 47.5 Å². The van der Waals surface area contributed by atoms with Gasteiger partial charge in [0, 0.05) is 6.54 Å². The molecule has 1 amide bonds. The molecule has 0 aliphatic heterocycles. The smallest absolute Gasteiger partial charge is 0.325 e. The fourth-order valence-corrected chi connectivity index (χ4v) is 1.75. The van der Waals surface area contributed by atoms with Gasteiger partial charge >= 0.3 is 11.9 Å². The molecule has 1 aromatic rings. The van der Waals surface area contributed by atoms with Crippen molar-refractivity contribution in [1.29, 1.82) is 0 Å². The number of nitrogens with two attached hydrogens (primary N) is 1. The highest BCUT2D eigenvalue weighted by atomic mass is 16.5. The molecule has 0 bridgehead atoms. The SMILES string of the molecule is COC(=O)CN(Cc1ccccc1)C(=O)C(N)CC(=O)O. The Morgan fingerprint density at radius 2 is 1.90 bits per heavy atom. The molecule has 0 fully saturated rings. The van der Waals surface area contributed by atoms with Gasteiger partial charge in [0.1, 0.15) is 6.54 Å². The highest BCUT2D eigenvalue weighted by molar-refractivity contribution is 5.88. The maximum Gasteiger partial charge on any atom is 0.325 e. The summed E-state index contributed by atoms with van der Waals surface area (Å²) < 4.78 is 4.54. The second kappa shape index (κ2) is 8.01. The van der Waals surface area contributed by atoms with Gasteiger partial charge in [-0.2, -0.15) is 0 Å². The van der Waals surface area contributed by atoms with E-state index in [-0.39, 0.29) is 13.1 Å². The van der Waals surface area contributed by atoms with Gasteiger partial charge in [-0.1, -0.05) is 30.3 Å². The summed E-state index contributed by atoms with van der Waals surface area (Å²) in [6.07, 6.45) is -0.495. The molecule has 1 aromatic carbocycles. The molecular weight excluding hydrogens is 276 g/mol. The third-order valence-corrected chi connectivity index (χ3v) is 2.79. The Morgan fingerprint density at radius 3 is 2.43 bits per heavy atom. The third-order valence-electron chi connectivity index (χ3n) is 2.79. The summed E-state index contributed by atoms with van der Waals surface area (Å²) in [4.78, 5) is 35.4. The van der Waals surface area contributed by atoms with Gasteiger partial charge in [0.2, 0.25) is 5.91 Å². The topological polar surface area (TPSA) is 110 Å². The lowest BCUT2D eigenvalue weighted by atomic mass is 10.1. The van der Waals surface area contributed by atoms with E-state index >= 15 is 0 Å². The molecule has 21 heavy (non-hydrogen) atoms. The number of carbonyl (C=O) groups excluding carboxylic acids is 2. The lowest BCUT2D eigenvalue weighted by Crippen LogP contribution is -2.46.